The molecule has 0 fully saturated rings. The van der Waals surface area contributed by atoms with Gasteiger partial charge in [-0.05, 0) is 38.5 Å². The summed E-state index contributed by atoms with van der Waals surface area (Å²) in [6, 6.07) is 0. The molecular weight excluding hydrogens is 344 g/mol. The van der Waals surface area contributed by atoms with E-state index >= 15 is 0 Å². The predicted octanol–water partition coefficient (Wildman–Crippen LogP) is 9.01. The Bertz CT molecular complexity index is 371. The second-order valence-electron chi connectivity index (χ2n) is 8.20. The summed E-state index contributed by atoms with van der Waals surface area (Å²) >= 11 is 0. The number of rotatable bonds is 22. The average Bonchev–Trinajstić information content (AvgIpc) is 2.68. The van der Waals surface area contributed by atoms with Crippen LogP contribution in [0.2, 0.25) is 0 Å². The lowest BCUT2D eigenvalue weighted by Gasteiger charge is -2.01. The van der Waals surface area contributed by atoms with Crippen LogP contribution in [0, 0.1) is 0 Å². The zero-order valence-corrected chi connectivity index (χ0v) is 18.8. The van der Waals surface area contributed by atoms with E-state index in [1.54, 1.807) is 0 Å². The number of hydrogen-bond acceptors (Lipinski definition) is 1. The Labute approximate surface area is 175 Å². The Morgan fingerprint density at radius 1 is 0.571 bits per heavy atom. The van der Waals surface area contributed by atoms with E-state index in [0.29, 0.717) is 6.42 Å². The maximum Gasteiger partial charge on any atom is 0.303 e. The number of carboxylic acid groups (broad SMARTS) is 1. The van der Waals surface area contributed by atoms with Crippen molar-refractivity contribution < 1.29 is 9.90 Å². The van der Waals surface area contributed by atoms with E-state index in [0.717, 1.165) is 25.7 Å². The van der Waals surface area contributed by atoms with Gasteiger partial charge in [-0.3, -0.25) is 4.79 Å². The lowest BCUT2D eigenvalue weighted by Crippen LogP contribution is -1.93. The second-order valence-corrected chi connectivity index (χ2v) is 8.20. The van der Waals surface area contributed by atoms with Crippen molar-refractivity contribution in [2.75, 3.05) is 0 Å². The van der Waals surface area contributed by atoms with Crippen LogP contribution < -0.4 is 0 Å². The largest absolute Gasteiger partial charge is 0.481 e. The van der Waals surface area contributed by atoms with Crippen LogP contribution >= 0.6 is 0 Å². The second kappa shape index (κ2) is 24.0. The zero-order valence-electron chi connectivity index (χ0n) is 18.8. The minimum Gasteiger partial charge on any atom is -0.481 e. The van der Waals surface area contributed by atoms with Crippen LogP contribution in [0.3, 0.4) is 0 Å². The van der Waals surface area contributed by atoms with E-state index in [4.69, 9.17) is 5.11 Å². The first-order valence-corrected chi connectivity index (χ1v) is 12.3. The quantitative estimate of drug-likeness (QED) is 0.147. The van der Waals surface area contributed by atoms with Gasteiger partial charge in [-0.25, -0.2) is 0 Å². The minimum atomic E-state index is -0.667. The Morgan fingerprint density at radius 3 is 1.39 bits per heavy atom. The molecule has 1 N–H and O–H groups in total. The highest BCUT2D eigenvalue weighted by atomic mass is 16.4. The summed E-state index contributed by atoms with van der Waals surface area (Å²) in [5.74, 6) is -0.667. The fourth-order valence-electron chi connectivity index (χ4n) is 3.50. The van der Waals surface area contributed by atoms with Crippen molar-refractivity contribution in [1.29, 1.82) is 0 Å². The smallest absolute Gasteiger partial charge is 0.303 e. The standard InChI is InChI=1S/C26H48O2/c1-2-3-4-5-6-7-8-9-10-11-12-13-14-15-16-17-18-19-20-21-22-23-24-25-26(27)28/h14-15,17-18H,2-13,16,19-25H2,1H3,(H,27,28). The molecule has 28 heavy (non-hydrogen) atoms. The third-order valence-corrected chi connectivity index (χ3v) is 5.34. The average molecular weight is 393 g/mol. The number of allylic oxidation sites excluding steroid dienone is 4. The van der Waals surface area contributed by atoms with Crippen LogP contribution in [-0.2, 0) is 4.79 Å². The van der Waals surface area contributed by atoms with E-state index < -0.39 is 5.97 Å². The first-order chi connectivity index (χ1) is 13.8. The Morgan fingerprint density at radius 2 is 0.964 bits per heavy atom. The van der Waals surface area contributed by atoms with E-state index in [-0.39, 0.29) is 0 Å². The number of hydrogen-bond donors (Lipinski definition) is 1. The molecule has 0 aromatic heterocycles. The number of carbonyl (C=O) groups is 1. The van der Waals surface area contributed by atoms with Crippen LogP contribution in [0.5, 0.6) is 0 Å². The number of aliphatic carboxylic acids is 1. The molecule has 0 aliphatic heterocycles. The van der Waals surface area contributed by atoms with E-state index in [1.165, 1.54) is 96.3 Å². The van der Waals surface area contributed by atoms with Crippen LogP contribution in [0.25, 0.3) is 0 Å². The van der Waals surface area contributed by atoms with Crippen molar-refractivity contribution in [3.63, 3.8) is 0 Å². The fraction of sp³-hybridized carbons (Fsp3) is 0.808. The Balaban J connectivity index is 3.17. The van der Waals surface area contributed by atoms with Crippen molar-refractivity contribution in [1.82, 2.24) is 0 Å². The maximum absolute atomic E-state index is 10.4. The van der Waals surface area contributed by atoms with Crippen LogP contribution in [0.4, 0.5) is 0 Å². The minimum absolute atomic E-state index is 0.325. The summed E-state index contributed by atoms with van der Waals surface area (Å²) in [4.78, 5) is 10.4. The highest BCUT2D eigenvalue weighted by molar-refractivity contribution is 5.66. The lowest BCUT2D eigenvalue weighted by molar-refractivity contribution is -0.137. The van der Waals surface area contributed by atoms with Crippen LogP contribution in [-0.4, -0.2) is 11.1 Å². The molecule has 0 unspecified atom stereocenters. The molecule has 0 rings (SSSR count). The number of carboxylic acids is 1. The normalized spacial score (nSPS) is 11.8. The van der Waals surface area contributed by atoms with Crippen molar-refractivity contribution in [3.8, 4) is 0 Å². The zero-order chi connectivity index (χ0) is 20.5. The maximum atomic E-state index is 10.4. The predicted molar refractivity (Wildman–Crippen MR) is 124 cm³/mol. The van der Waals surface area contributed by atoms with Crippen molar-refractivity contribution >= 4 is 5.97 Å². The molecule has 0 aliphatic rings. The van der Waals surface area contributed by atoms with E-state index in [9.17, 15) is 4.79 Å². The molecule has 0 saturated heterocycles. The highest BCUT2D eigenvalue weighted by Crippen LogP contribution is 2.12. The van der Waals surface area contributed by atoms with E-state index in [2.05, 4.69) is 31.2 Å². The molecule has 0 heterocycles. The lowest BCUT2D eigenvalue weighted by atomic mass is 10.1. The van der Waals surface area contributed by atoms with Crippen molar-refractivity contribution in [2.45, 2.75) is 135 Å². The van der Waals surface area contributed by atoms with Gasteiger partial charge in [-0.1, -0.05) is 115 Å². The highest BCUT2D eigenvalue weighted by Gasteiger charge is 1.96. The third kappa shape index (κ3) is 24.9. The topological polar surface area (TPSA) is 37.3 Å². The van der Waals surface area contributed by atoms with Crippen molar-refractivity contribution in [2.24, 2.45) is 0 Å². The van der Waals surface area contributed by atoms with E-state index in [1.807, 2.05) is 0 Å². The summed E-state index contributed by atoms with van der Waals surface area (Å²) in [6.07, 6.45) is 34.1. The van der Waals surface area contributed by atoms with Gasteiger partial charge in [-0.2, -0.15) is 0 Å². The molecule has 0 aliphatic carbocycles. The molecule has 0 aromatic rings. The van der Waals surface area contributed by atoms with Gasteiger partial charge in [0.25, 0.3) is 0 Å². The molecule has 0 bridgehead atoms. The van der Waals surface area contributed by atoms with Gasteiger partial charge in [0, 0.05) is 6.42 Å². The first kappa shape index (κ1) is 27.0. The molecular formula is C26H48O2. The SMILES string of the molecule is CCCCCCCCCCCCCC=CCC=CCCCCCCCC(=O)O. The first-order valence-electron chi connectivity index (χ1n) is 12.3. The number of unbranched alkanes of at least 4 members (excludes halogenated alkanes) is 16. The fourth-order valence-corrected chi connectivity index (χ4v) is 3.50. The van der Waals surface area contributed by atoms with Crippen LogP contribution in [0.1, 0.15) is 135 Å². The molecule has 0 spiro atoms. The van der Waals surface area contributed by atoms with Gasteiger partial charge in [-0.15, -0.1) is 0 Å². The molecule has 0 amide bonds. The monoisotopic (exact) mass is 392 g/mol. The molecule has 0 radical (unpaired) electrons. The van der Waals surface area contributed by atoms with Crippen molar-refractivity contribution in [3.05, 3.63) is 24.3 Å². The molecule has 2 heteroatoms. The van der Waals surface area contributed by atoms with Gasteiger partial charge in [0.05, 0.1) is 0 Å². The molecule has 0 saturated carbocycles. The van der Waals surface area contributed by atoms with Gasteiger partial charge in [0.2, 0.25) is 0 Å². The molecule has 0 atom stereocenters. The summed E-state index contributed by atoms with van der Waals surface area (Å²) in [6.45, 7) is 2.28. The van der Waals surface area contributed by atoms with Crippen LogP contribution in [0.15, 0.2) is 24.3 Å². The van der Waals surface area contributed by atoms with Gasteiger partial charge < -0.3 is 5.11 Å². The van der Waals surface area contributed by atoms with Gasteiger partial charge in [0.1, 0.15) is 0 Å². The summed E-state index contributed by atoms with van der Waals surface area (Å²) < 4.78 is 0. The molecule has 2 nitrogen and oxygen atoms in total. The summed E-state index contributed by atoms with van der Waals surface area (Å²) in [5, 5.41) is 8.57. The summed E-state index contributed by atoms with van der Waals surface area (Å²) in [7, 11) is 0. The summed E-state index contributed by atoms with van der Waals surface area (Å²) in [5.41, 5.74) is 0. The van der Waals surface area contributed by atoms with Gasteiger partial charge >= 0.3 is 5.97 Å². The van der Waals surface area contributed by atoms with Gasteiger partial charge in [0.15, 0.2) is 0 Å². The third-order valence-electron chi connectivity index (χ3n) is 5.34. The molecule has 164 valence electrons. The molecule has 0 aromatic carbocycles. The Hall–Kier alpha value is -1.05. The Kier molecular flexibility index (Phi) is 23.1.